The molecule has 0 saturated carbocycles. The van der Waals surface area contributed by atoms with Crippen LogP contribution >= 0.6 is 15.9 Å². The number of aromatic nitrogens is 2. The first-order valence-corrected chi connectivity index (χ1v) is 9.19. The van der Waals surface area contributed by atoms with E-state index in [1.807, 2.05) is 24.4 Å². The number of hydrogen-bond donors (Lipinski definition) is 1. The smallest absolute Gasteiger partial charge is 0.137 e. The monoisotopic (exact) mass is 433 g/mol. The number of ether oxygens (including phenoxy) is 1. The molecule has 0 amide bonds. The number of nitrogens with one attached hydrogen (secondary N) is 1. The van der Waals surface area contributed by atoms with Gasteiger partial charge in [0.1, 0.15) is 17.3 Å². The molecule has 4 rings (SSSR count). The molecular weight excluding hydrogens is 421 g/mol. The maximum atomic E-state index is 13.1. The van der Waals surface area contributed by atoms with Crippen LogP contribution in [0, 0.1) is 17.1 Å². The molecule has 6 heteroatoms. The van der Waals surface area contributed by atoms with Gasteiger partial charge >= 0.3 is 0 Å². The summed E-state index contributed by atoms with van der Waals surface area (Å²) in [5, 5.41) is 10.7. The van der Waals surface area contributed by atoms with E-state index in [1.165, 1.54) is 12.1 Å². The molecule has 0 saturated heterocycles. The molecule has 4 aromatic rings. The van der Waals surface area contributed by atoms with Crippen LogP contribution in [0.25, 0.3) is 22.6 Å². The molecule has 0 aliphatic heterocycles. The Labute approximate surface area is 169 Å². The Hall–Kier alpha value is -3.43. The number of benzene rings is 2. The summed E-state index contributed by atoms with van der Waals surface area (Å²) in [5.74, 6) is 0.687. The number of rotatable bonds is 4. The van der Waals surface area contributed by atoms with Crippen LogP contribution in [0.15, 0.2) is 71.6 Å². The van der Waals surface area contributed by atoms with Crippen LogP contribution in [0.3, 0.4) is 0 Å². The number of aromatic amines is 1. The van der Waals surface area contributed by atoms with Gasteiger partial charge in [-0.3, -0.25) is 4.98 Å². The molecule has 28 heavy (non-hydrogen) atoms. The second kappa shape index (κ2) is 7.67. The number of halogens is 2. The second-order valence-corrected chi connectivity index (χ2v) is 6.95. The molecule has 0 aliphatic carbocycles. The minimum absolute atomic E-state index is 0.334. The third-order valence-corrected chi connectivity index (χ3v) is 4.70. The summed E-state index contributed by atoms with van der Waals surface area (Å²) in [5.41, 5.74) is 2.85. The van der Waals surface area contributed by atoms with E-state index in [4.69, 9.17) is 4.74 Å². The lowest BCUT2D eigenvalue weighted by Gasteiger charge is -2.09. The van der Waals surface area contributed by atoms with Crippen molar-refractivity contribution in [3.63, 3.8) is 0 Å². The maximum absolute atomic E-state index is 13.1. The van der Waals surface area contributed by atoms with Gasteiger partial charge in [-0.1, -0.05) is 15.9 Å². The number of allylic oxidation sites excluding steroid dienone is 1. The Kier molecular flexibility index (Phi) is 4.92. The molecule has 0 bridgehead atoms. The Morgan fingerprint density at radius 2 is 2.00 bits per heavy atom. The van der Waals surface area contributed by atoms with Gasteiger partial charge in [0, 0.05) is 45.1 Å². The van der Waals surface area contributed by atoms with Gasteiger partial charge in [-0.25, -0.2) is 4.39 Å². The Balaban J connectivity index is 1.75. The van der Waals surface area contributed by atoms with Crippen molar-refractivity contribution < 1.29 is 9.13 Å². The minimum Gasteiger partial charge on any atom is -0.457 e. The predicted molar refractivity (Wildman–Crippen MR) is 110 cm³/mol. The molecule has 0 spiro atoms. The van der Waals surface area contributed by atoms with Gasteiger partial charge in [0.25, 0.3) is 0 Å². The van der Waals surface area contributed by atoms with Crippen LogP contribution < -0.4 is 4.74 Å². The average Bonchev–Trinajstić information content (AvgIpc) is 3.12. The van der Waals surface area contributed by atoms with Crippen LogP contribution in [0.4, 0.5) is 4.39 Å². The first kappa shape index (κ1) is 18.0. The van der Waals surface area contributed by atoms with E-state index in [0.717, 1.165) is 20.9 Å². The molecule has 1 N–H and O–H groups in total. The van der Waals surface area contributed by atoms with Crippen LogP contribution in [0.5, 0.6) is 11.5 Å². The summed E-state index contributed by atoms with van der Waals surface area (Å²) < 4.78 is 19.9. The lowest BCUT2D eigenvalue weighted by Crippen LogP contribution is -1.90. The normalized spacial score (nSPS) is 11.4. The fourth-order valence-electron chi connectivity index (χ4n) is 2.87. The summed E-state index contributed by atoms with van der Waals surface area (Å²) in [4.78, 5) is 7.32. The molecule has 0 radical (unpaired) electrons. The number of nitrogens with zero attached hydrogens (tertiary/aromatic N) is 2. The highest BCUT2D eigenvalue weighted by atomic mass is 79.9. The minimum atomic E-state index is -0.334. The largest absolute Gasteiger partial charge is 0.457 e. The van der Waals surface area contributed by atoms with Gasteiger partial charge in [-0.05, 0) is 54.6 Å². The number of nitriles is 1. The van der Waals surface area contributed by atoms with Gasteiger partial charge in [0.15, 0.2) is 0 Å². The molecule has 0 fully saturated rings. The van der Waals surface area contributed by atoms with Crippen molar-refractivity contribution in [2.45, 2.75) is 0 Å². The Morgan fingerprint density at radius 3 is 2.79 bits per heavy atom. The molecule has 2 aromatic carbocycles. The fraction of sp³-hybridized carbons (Fsp3) is 0. The van der Waals surface area contributed by atoms with Crippen molar-refractivity contribution in [1.29, 1.82) is 5.26 Å². The molecule has 4 nitrogen and oxygen atoms in total. The summed E-state index contributed by atoms with van der Waals surface area (Å²) in [7, 11) is 0. The average molecular weight is 434 g/mol. The molecule has 0 atom stereocenters. The maximum Gasteiger partial charge on any atom is 0.137 e. The van der Waals surface area contributed by atoms with E-state index in [1.54, 1.807) is 36.7 Å². The molecule has 2 heterocycles. The van der Waals surface area contributed by atoms with Gasteiger partial charge < -0.3 is 9.72 Å². The van der Waals surface area contributed by atoms with Crippen molar-refractivity contribution in [2.75, 3.05) is 0 Å². The zero-order valence-corrected chi connectivity index (χ0v) is 16.1. The van der Waals surface area contributed by atoms with Gasteiger partial charge in [0.05, 0.1) is 11.6 Å². The molecule has 0 unspecified atom stereocenters. The quantitative estimate of drug-likeness (QED) is 0.383. The fourth-order valence-corrected chi connectivity index (χ4v) is 3.23. The van der Waals surface area contributed by atoms with Crippen LogP contribution in [0.1, 0.15) is 11.1 Å². The van der Waals surface area contributed by atoms with Crippen LogP contribution in [-0.2, 0) is 0 Å². The SMILES string of the molecule is N#C/C(=C\c1cnccc1Oc1ccc(F)cc1)c1c[nH]c2ccc(Br)cc12. The highest BCUT2D eigenvalue weighted by Crippen LogP contribution is 2.31. The van der Waals surface area contributed by atoms with Crippen molar-refractivity contribution in [1.82, 2.24) is 9.97 Å². The van der Waals surface area contributed by atoms with E-state index in [9.17, 15) is 9.65 Å². The van der Waals surface area contributed by atoms with E-state index in [-0.39, 0.29) is 5.82 Å². The first-order chi connectivity index (χ1) is 13.6. The Bertz CT molecular complexity index is 1220. The molecular formula is C22H13BrFN3O. The van der Waals surface area contributed by atoms with E-state index in [0.29, 0.717) is 22.6 Å². The third kappa shape index (κ3) is 3.66. The Morgan fingerprint density at radius 1 is 1.18 bits per heavy atom. The molecule has 0 aliphatic rings. The zero-order chi connectivity index (χ0) is 19.5. The number of H-pyrrole nitrogens is 1. The highest BCUT2D eigenvalue weighted by Gasteiger charge is 2.11. The van der Waals surface area contributed by atoms with E-state index < -0.39 is 0 Å². The van der Waals surface area contributed by atoms with Gasteiger partial charge in [-0.2, -0.15) is 5.26 Å². The van der Waals surface area contributed by atoms with Crippen LogP contribution in [0.2, 0.25) is 0 Å². The number of hydrogen-bond acceptors (Lipinski definition) is 3. The standard InChI is InChI=1S/C22H13BrFN3O/c23-16-1-6-21-19(10-16)20(13-27-21)14(11-25)9-15-12-26-8-7-22(15)28-18-4-2-17(24)3-5-18/h1-10,12-13,27H/b14-9+. The van der Waals surface area contributed by atoms with Gasteiger partial charge in [-0.15, -0.1) is 0 Å². The van der Waals surface area contributed by atoms with Crippen molar-refractivity contribution >= 4 is 38.5 Å². The summed E-state index contributed by atoms with van der Waals surface area (Å²) in [6, 6.07) is 15.6. The van der Waals surface area contributed by atoms with Crippen molar-refractivity contribution in [2.24, 2.45) is 0 Å². The summed E-state index contributed by atoms with van der Waals surface area (Å²) >= 11 is 3.47. The van der Waals surface area contributed by atoms with Crippen LogP contribution in [-0.4, -0.2) is 9.97 Å². The molecule has 2 aromatic heterocycles. The first-order valence-electron chi connectivity index (χ1n) is 8.40. The summed E-state index contributed by atoms with van der Waals surface area (Å²) in [6.45, 7) is 0. The zero-order valence-electron chi connectivity index (χ0n) is 14.5. The second-order valence-electron chi connectivity index (χ2n) is 6.03. The number of pyridine rings is 1. The predicted octanol–water partition coefficient (Wildman–Crippen LogP) is 6.32. The lowest BCUT2D eigenvalue weighted by atomic mass is 10.0. The van der Waals surface area contributed by atoms with E-state index in [2.05, 4.69) is 32.0 Å². The van der Waals surface area contributed by atoms with Crippen molar-refractivity contribution in [3.05, 3.63) is 88.5 Å². The summed E-state index contributed by atoms with van der Waals surface area (Å²) in [6.07, 6.45) is 6.77. The topological polar surface area (TPSA) is 61.7 Å². The lowest BCUT2D eigenvalue weighted by molar-refractivity contribution is 0.478. The molecule has 136 valence electrons. The van der Waals surface area contributed by atoms with Gasteiger partial charge in [0.2, 0.25) is 0 Å². The number of fused-ring (bicyclic) bond motifs is 1. The van der Waals surface area contributed by atoms with Crippen molar-refractivity contribution in [3.8, 4) is 17.6 Å². The van der Waals surface area contributed by atoms with E-state index >= 15 is 0 Å². The third-order valence-electron chi connectivity index (χ3n) is 4.21. The highest BCUT2D eigenvalue weighted by molar-refractivity contribution is 9.10.